The van der Waals surface area contributed by atoms with Crippen LogP contribution in [0.1, 0.15) is 11.4 Å². The fraction of sp³-hybridized carbons (Fsp3) is 0.400. The highest BCUT2D eigenvalue weighted by molar-refractivity contribution is 8.13. The van der Waals surface area contributed by atoms with E-state index >= 15 is 0 Å². The highest BCUT2D eigenvalue weighted by Gasteiger charge is 2.10. The van der Waals surface area contributed by atoms with Gasteiger partial charge >= 0.3 is 0 Å². The van der Waals surface area contributed by atoms with Gasteiger partial charge in [-0.1, -0.05) is 0 Å². The van der Waals surface area contributed by atoms with Crippen molar-refractivity contribution in [2.24, 2.45) is 0 Å². The third-order valence-electron chi connectivity index (χ3n) is 1.24. The molecule has 0 aliphatic rings. The van der Waals surface area contributed by atoms with Crippen LogP contribution in [0.3, 0.4) is 0 Å². The average Bonchev–Trinajstić information content (AvgIpc) is 2.12. The first kappa shape index (κ1) is 8.55. The maximum Gasteiger partial charge on any atom is 0.238 e. The summed E-state index contributed by atoms with van der Waals surface area (Å²) in [5.41, 5.74) is 1.20. The fourth-order valence-corrected chi connectivity index (χ4v) is 1.62. The average molecular weight is 195 g/mol. The summed E-state index contributed by atoms with van der Waals surface area (Å²) in [4.78, 5) is 6.54. The van der Waals surface area contributed by atoms with Gasteiger partial charge in [0.15, 0.2) is 0 Å². The standard InChI is InChI=1S/C5H7ClN2O2S/c1-4-5(8-3-7-4)2-11(6,9)10/h3H,2H2,1H3,(H,7,8). The molecule has 6 heteroatoms. The largest absolute Gasteiger partial charge is 0.348 e. The fourth-order valence-electron chi connectivity index (χ4n) is 0.696. The van der Waals surface area contributed by atoms with Crippen molar-refractivity contribution in [1.82, 2.24) is 9.97 Å². The minimum absolute atomic E-state index is 0.218. The molecule has 11 heavy (non-hydrogen) atoms. The molecule has 0 aliphatic heterocycles. The molecule has 0 saturated heterocycles. The number of aromatic amines is 1. The summed E-state index contributed by atoms with van der Waals surface area (Å²) in [6.07, 6.45) is 1.44. The monoisotopic (exact) mass is 194 g/mol. The second-order valence-electron chi connectivity index (χ2n) is 2.16. The first-order valence-corrected chi connectivity index (χ1v) is 5.38. The van der Waals surface area contributed by atoms with Crippen LogP contribution in [0.25, 0.3) is 0 Å². The Hall–Kier alpha value is -0.550. The quantitative estimate of drug-likeness (QED) is 0.708. The Morgan fingerprint density at radius 1 is 1.73 bits per heavy atom. The molecule has 0 fully saturated rings. The lowest BCUT2D eigenvalue weighted by molar-refractivity contribution is 0.608. The van der Waals surface area contributed by atoms with Crippen molar-refractivity contribution in [2.75, 3.05) is 0 Å². The molecule has 62 valence electrons. The minimum atomic E-state index is -3.48. The maximum absolute atomic E-state index is 10.6. The van der Waals surface area contributed by atoms with Gasteiger partial charge in [0.1, 0.15) is 5.75 Å². The molecule has 1 heterocycles. The molecule has 0 unspecified atom stereocenters. The number of hydrogen-bond acceptors (Lipinski definition) is 3. The van der Waals surface area contributed by atoms with E-state index in [0.29, 0.717) is 5.69 Å². The van der Waals surface area contributed by atoms with E-state index in [1.165, 1.54) is 6.33 Å². The number of imidazole rings is 1. The van der Waals surface area contributed by atoms with Crippen LogP contribution < -0.4 is 0 Å². The Balaban J connectivity index is 2.89. The van der Waals surface area contributed by atoms with E-state index in [4.69, 9.17) is 10.7 Å². The number of hydrogen-bond donors (Lipinski definition) is 1. The SMILES string of the molecule is Cc1[nH]cnc1CS(=O)(=O)Cl. The van der Waals surface area contributed by atoms with Crippen molar-refractivity contribution in [2.45, 2.75) is 12.7 Å². The van der Waals surface area contributed by atoms with Gasteiger partial charge in [-0.25, -0.2) is 13.4 Å². The Morgan fingerprint density at radius 2 is 2.36 bits per heavy atom. The predicted molar refractivity (Wildman–Crippen MR) is 41.8 cm³/mol. The van der Waals surface area contributed by atoms with Gasteiger partial charge in [-0.3, -0.25) is 0 Å². The second kappa shape index (κ2) is 2.83. The summed E-state index contributed by atoms with van der Waals surface area (Å²) < 4.78 is 21.1. The molecule has 0 atom stereocenters. The molecule has 4 nitrogen and oxygen atoms in total. The van der Waals surface area contributed by atoms with Crippen LogP contribution in [0.15, 0.2) is 6.33 Å². The highest BCUT2D eigenvalue weighted by atomic mass is 35.7. The van der Waals surface area contributed by atoms with Crippen molar-refractivity contribution in [3.8, 4) is 0 Å². The Morgan fingerprint density at radius 3 is 2.73 bits per heavy atom. The number of rotatable bonds is 2. The van der Waals surface area contributed by atoms with Crippen molar-refractivity contribution in [3.05, 3.63) is 17.7 Å². The number of H-pyrrole nitrogens is 1. The summed E-state index contributed by atoms with van der Waals surface area (Å²) in [7, 11) is 1.54. The van der Waals surface area contributed by atoms with Gasteiger partial charge < -0.3 is 4.98 Å². The van der Waals surface area contributed by atoms with E-state index in [2.05, 4.69) is 9.97 Å². The molecular weight excluding hydrogens is 188 g/mol. The zero-order valence-corrected chi connectivity index (χ0v) is 7.41. The number of aromatic nitrogens is 2. The number of nitrogens with zero attached hydrogens (tertiary/aromatic N) is 1. The van der Waals surface area contributed by atoms with Gasteiger partial charge in [0.05, 0.1) is 12.0 Å². The molecule has 1 N–H and O–H groups in total. The summed E-state index contributed by atoms with van der Waals surface area (Å²) in [6.45, 7) is 1.74. The Labute approximate surface area is 69.0 Å². The van der Waals surface area contributed by atoms with Crippen LogP contribution in [0, 0.1) is 6.92 Å². The van der Waals surface area contributed by atoms with Gasteiger partial charge in [-0.15, -0.1) is 0 Å². The Kier molecular flexibility index (Phi) is 2.20. The Bertz CT molecular complexity index is 343. The molecule has 0 aliphatic carbocycles. The number of halogens is 1. The van der Waals surface area contributed by atoms with Gasteiger partial charge in [0, 0.05) is 16.4 Å². The van der Waals surface area contributed by atoms with Crippen LogP contribution >= 0.6 is 10.7 Å². The minimum Gasteiger partial charge on any atom is -0.348 e. The van der Waals surface area contributed by atoms with Crippen LogP contribution in [0.5, 0.6) is 0 Å². The lowest BCUT2D eigenvalue weighted by Crippen LogP contribution is -1.96. The topological polar surface area (TPSA) is 62.8 Å². The summed E-state index contributed by atoms with van der Waals surface area (Å²) >= 11 is 0. The van der Waals surface area contributed by atoms with Gasteiger partial charge in [0.2, 0.25) is 9.05 Å². The van der Waals surface area contributed by atoms with E-state index in [0.717, 1.165) is 5.69 Å². The molecule has 0 saturated carbocycles. The van der Waals surface area contributed by atoms with Crippen molar-refractivity contribution >= 4 is 19.7 Å². The molecule has 1 rings (SSSR count). The first-order chi connectivity index (χ1) is 4.99. The van der Waals surface area contributed by atoms with E-state index in [-0.39, 0.29) is 5.75 Å². The number of aryl methyl sites for hydroxylation is 1. The molecule has 0 amide bonds. The highest BCUT2D eigenvalue weighted by Crippen LogP contribution is 2.09. The number of nitrogens with one attached hydrogen (secondary N) is 1. The third-order valence-corrected chi connectivity index (χ3v) is 2.19. The van der Waals surface area contributed by atoms with E-state index in [1.807, 2.05) is 0 Å². The third kappa shape index (κ3) is 2.51. The molecule has 1 aromatic heterocycles. The zero-order chi connectivity index (χ0) is 8.48. The van der Waals surface area contributed by atoms with Crippen LogP contribution in [0.2, 0.25) is 0 Å². The molecule has 0 radical (unpaired) electrons. The maximum atomic E-state index is 10.6. The zero-order valence-electron chi connectivity index (χ0n) is 5.83. The lowest BCUT2D eigenvalue weighted by atomic mass is 10.4. The lowest BCUT2D eigenvalue weighted by Gasteiger charge is -1.92. The van der Waals surface area contributed by atoms with E-state index < -0.39 is 9.05 Å². The molecule has 0 spiro atoms. The first-order valence-electron chi connectivity index (χ1n) is 2.90. The van der Waals surface area contributed by atoms with Crippen molar-refractivity contribution in [3.63, 3.8) is 0 Å². The summed E-state index contributed by atoms with van der Waals surface area (Å²) in [5, 5.41) is 0. The van der Waals surface area contributed by atoms with Crippen LogP contribution in [0.4, 0.5) is 0 Å². The smallest absolute Gasteiger partial charge is 0.238 e. The predicted octanol–water partition coefficient (Wildman–Crippen LogP) is 0.787. The van der Waals surface area contributed by atoms with Gasteiger partial charge in [-0.2, -0.15) is 0 Å². The van der Waals surface area contributed by atoms with Crippen LogP contribution in [-0.4, -0.2) is 18.4 Å². The van der Waals surface area contributed by atoms with E-state index in [1.54, 1.807) is 6.92 Å². The molecule has 0 bridgehead atoms. The summed E-state index contributed by atoms with van der Waals surface area (Å²) in [5.74, 6) is -0.218. The van der Waals surface area contributed by atoms with E-state index in [9.17, 15) is 8.42 Å². The molecule has 1 aromatic rings. The van der Waals surface area contributed by atoms with Crippen molar-refractivity contribution in [1.29, 1.82) is 0 Å². The van der Waals surface area contributed by atoms with Gasteiger partial charge in [0.25, 0.3) is 0 Å². The van der Waals surface area contributed by atoms with Crippen molar-refractivity contribution < 1.29 is 8.42 Å². The van der Waals surface area contributed by atoms with Crippen LogP contribution in [-0.2, 0) is 14.8 Å². The summed E-state index contributed by atoms with van der Waals surface area (Å²) in [6, 6.07) is 0. The second-order valence-corrected chi connectivity index (χ2v) is 4.93. The molecular formula is C5H7ClN2O2S. The normalized spacial score (nSPS) is 11.8. The van der Waals surface area contributed by atoms with Gasteiger partial charge in [-0.05, 0) is 6.92 Å². The molecule has 0 aromatic carbocycles.